The van der Waals surface area contributed by atoms with Gasteiger partial charge in [-0.25, -0.2) is 0 Å². The molecule has 2 aromatic rings. The Kier molecular flexibility index (Phi) is 7.12. The summed E-state index contributed by atoms with van der Waals surface area (Å²) in [5.41, 5.74) is 1.99. The van der Waals surface area contributed by atoms with Crippen molar-refractivity contribution in [1.29, 1.82) is 0 Å². The van der Waals surface area contributed by atoms with Gasteiger partial charge in [-0.1, -0.05) is 32.0 Å². The van der Waals surface area contributed by atoms with Gasteiger partial charge in [0.1, 0.15) is 17.1 Å². The molecule has 0 aromatic heterocycles. The standard InChI is InChI=1S/C24H28N2O4.C2H6/c1-14-11-19(25-15(2)27)18-12-16(9-10-21(18)29-14)23(28)26-20-13-24(3,4)30-22-8-6-5-7-17(20)22;1-2/h5-10,12,14,19-20H,11,13H2,1-4H3,(H,25,27)(H,26,28);1-2H3. The van der Waals surface area contributed by atoms with Gasteiger partial charge in [0.05, 0.1) is 18.2 Å². The van der Waals surface area contributed by atoms with Crippen LogP contribution in [0.5, 0.6) is 11.5 Å². The number of carbonyl (C=O) groups is 2. The van der Waals surface area contributed by atoms with Crippen LogP contribution in [0.15, 0.2) is 42.5 Å². The zero-order valence-corrected chi connectivity index (χ0v) is 19.8. The van der Waals surface area contributed by atoms with Crippen molar-refractivity contribution in [2.24, 2.45) is 0 Å². The second-order valence-corrected chi connectivity index (χ2v) is 8.80. The Morgan fingerprint density at radius 3 is 2.41 bits per heavy atom. The van der Waals surface area contributed by atoms with E-state index in [-0.39, 0.29) is 35.6 Å². The van der Waals surface area contributed by atoms with Crippen molar-refractivity contribution in [3.05, 3.63) is 59.2 Å². The Hall–Kier alpha value is -3.02. The number of benzene rings is 2. The van der Waals surface area contributed by atoms with E-state index in [1.165, 1.54) is 6.92 Å². The van der Waals surface area contributed by atoms with Gasteiger partial charge in [-0.2, -0.15) is 0 Å². The van der Waals surface area contributed by atoms with Gasteiger partial charge in [0, 0.05) is 36.5 Å². The third-order valence-electron chi connectivity index (χ3n) is 5.60. The molecule has 3 unspecified atom stereocenters. The SMILES string of the molecule is CC.CC(=O)NC1CC(C)Oc2ccc(C(=O)NC3CC(C)(C)Oc4ccccc43)cc21. The topological polar surface area (TPSA) is 76.7 Å². The van der Waals surface area contributed by atoms with Gasteiger partial charge >= 0.3 is 0 Å². The smallest absolute Gasteiger partial charge is 0.251 e. The minimum atomic E-state index is -0.372. The molecule has 0 radical (unpaired) electrons. The van der Waals surface area contributed by atoms with Gasteiger partial charge in [-0.15, -0.1) is 0 Å². The average molecular weight is 439 g/mol. The van der Waals surface area contributed by atoms with Crippen molar-refractivity contribution in [3.8, 4) is 11.5 Å². The number of carbonyl (C=O) groups excluding carboxylic acids is 2. The monoisotopic (exact) mass is 438 g/mol. The molecule has 0 bridgehead atoms. The minimum Gasteiger partial charge on any atom is -0.490 e. The van der Waals surface area contributed by atoms with Crippen molar-refractivity contribution >= 4 is 11.8 Å². The van der Waals surface area contributed by atoms with E-state index in [0.29, 0.717) is 24.2 Å². The van der Waals surface area contributed by atoms with E-state index in [0.717, 1.165) is 16.9 Å². The number of hydrogen-bond acceptors (Lipinski definition) is 4. The molecular formula is C26H34N2O4. The zero-order chi connectivity index (χ0) is 23.5. The fraction of sp³-hybridized carbons (Fsp3) is 0.462. The molecule has 3 atom stereocenters. The lowest BCUT2D eigenvalue weighted by Gasteiger charge is -2.38. The molecule has 2 aliphatic rings. The molecule has 6 nitrogen and oxygen atoms in total. The summed E-state index contributed by atoms with van der Waals surface area (Å²) in [4.78, 5) is 24.8. The van der Waals surface area contributed by atoms with Crippen LogP contribution in [0.3, 0.4) is 0 Å². The Bertz CT molecular complexity index is 986. The highest BCUT2D eigenvalue weighted by Crippen LogP contribution is 2.40. The van der Waals surface area contributed by atoms with Crippen LogP contribution < -0.4 is 20.1 Å². The predicted octanol–water partition coefficient (Wildman–Crippen LogP) is 5.09. The molecule has 2 amide bonds. The van der Waals surface area contributed by atoms with Crippen LogP contribution in [0.25, 0.3) is 0 Å². The van der Waals surface area contributed by atoms with Gasteiger partial charge in [0.2, 0.25) is 5.91 Å². The highest BCUT2D eigenvalue weighted by atomic mass is 16.5. The van der Waals surface area contributed by atoms with Crippen molar-refractivity contribution in [3.63, 3.8) is 0 Å². The minimum absolute atomic E-state index is 0.00463. The summed E-state index contributed by atoms with van der Waals surface area (Å²) >= 11 is 0. The Morgan fingerprint density at radius 1 is 0.969 bits per heavy atom. The summed E-state index contributed by atoms with van der Waals surface area (Å²) in [6.07, 6.45) is 1.34. The number of para-hydroxylation sites is 1. The summed E-state index contributed by atoms with van der Waals surface area (Å²) in [5, 5.41) is 6.14. The number of hydrogen-bond donors (Lipinski definition) is 2. The highest BCUT2D eigenvalue weighted by molar-refractivity contribution is 5.95. The maximum Gasteiger partial charge on any atom is 0.251 e. The van der Waals surface area contributed by atoms with Crippen LogP contribution in [0.1, 0.15) is 88.0 Å². The van der Waals surface area contributed by atoms with Crippen molar-refractivity contribution < 1.29 is 19.1 Å². The third-order valence-corrected chi connectivity index (χ3v) is 5.60. The second kappa shape index (κ2) is 9.63. The van der Waals surface area contributed by atoms with Crippen molar-refractivity contribution in [2.75, 3.05) is 0 Å². The van der Waals surface area contributed by atoms with Crippen LogP contribution in [0.2, 0.25) is 0 Å². The molecule has 172 valence electrons. The lowest BCUT2D eigenvalue weighted by atomic mass is 9.89. The van der Waals surface area contributed by atoms with Crippen LogP contribution in [0, 0.1) is 0 Å². The van der Waals surface area contributed by atoms with Gasteiger partial charge in [0.25, 0.3) is 5.91 Å². The molecule has 0 fully saturated rings. The predicted molar refractivity (Wildman–Crippen MR) is 125 cm³/mol. The van der Waals surface area contributed by atoms with E-state index in [9.17, 15) is 9.59 Å². The average Bonchev–Trinajstić information content (AvgIpc) is 2.73. The second-order valence-electron chi connectivity index (χ2n) is 8.80. The summed E-state index contributed by atoms with van der Waals surface area (Å²) in [5.74, 6) is 1.26. The molecule has 4 rings (SSSR count). The molecule has 0 saturated carbocycles. The Morgan fingerprint density at radius 2 is 1.69 bits per heavy atom. The molecule has 0 aliphatic carbocycles. The van der Waals surface area contributed by atoms with Crippen LogP contribution in [0.4, 0.5) is 0 Å². The van der Waals surface area contributed by atoms with E-state index in [1.807, 2.05) is 71.0 Å². The highest BCUT2D eigenvalue weighted by Gasteiger charge is 2.35. The van der Waals surface area contributed by atoms with Crippen LogP contribution >= 0.6 is 0 Å². The number of fused-ring (bicyclic) bond motifs is 2. The normalized spacial score (nSPS) is 22.5. The van der Waals surface area contributed by atoms with Gasteiger partial charge in [-0.3, -0.25) is 9.59 Å². The summed E-state index contributed by atoms with van der Waals surface area (Å²) in [7, 11) is 0. The maximum atomic E-state index is 13.1. The first-order valence-electron chi connectivity index (χ1n) is 11.4. The van der Waals surface area contributed by atoms with Gasteiger partial charge in [0.15, 0.2) is 0 Å². The lowest BCUT2D eigenvalue weighted by molar-refractivity contribution is -0.120. The molecule has 0 spiro atoms. The van der Waals surface area contributed by atoms with E-state index in [4.69, 9.17) is 9.47 Å². The molecular weight excluding hydrogens is 404 g/mol. The fourth-order valence-electron chi connectivity index (χ4n) is 4.35. The first-order valence-corrected chi connectivity index (χ1v) is 11.4. The van der Waals surface area contributed by atoms with E-state index in [2.05, 4.69) is 10.6 Å². The summed E-state index contributed by atoms with van der Waals surface area (Å²) < 4.78 is 12.0. The number of amides is 2. The number of ether oxygens (including phenoxy) is 2. The molecule has 0 saturated heterocycles. The molecule has 6 heteroatoms. The Labute approximate surface area is 190 Å². The van der Waals surface area contributed by atoms with Gasteiger partial charge in [-0.05, 0) is 45.0 Å². The van der Waals surface area contributed by atoms with Gasteiger partial charge < -0.3 is 20.1 Å². The van der Waals surface area contributed by atoms with Crippen LogP contribution in [-0.4, -0.2) is 23.5 Å². The number of rotatable bonds is 3. The number of nitrogens with one attached hydrogen (secondary N) is 2. The molecule has 32 heavy (non-hydrogen) atoms. The van der Waals surface area contributed by atoms with Crippen molar-refractivity contribution in [1.82, 2.24) is 10.6 Å². The molecule has 2 N–H and O–H groups in total. The first-order chi connectivity index (χ1) is 15.2. The van der Waals surface area contributed by atoms with Crippen LogP contribution in [-0.2, 0) is 4.79 Å². The molecule has 2 aliphatic heterocycles. The third kappa shape index (κ3) is 5.23. The van der Waals surface area contributed by atoms with E-state index in [1.54, 1.807) is 6.07 Å². The van der Waals surface area contributed by atoms with Crippen molar-refractivity contribution in [2.45, 2.75) is 78.2 Å². The fourth-order valence-corrected chi connectivity index (χ4v) is 4.35. The summed E-state index contributed by atoms with van der Waals surface area (Å²) in [6.45, 7) is 11.5. The van der Waals surface area contributed by atoms with E-state index < -0.39 is 0 Å². The first kappa shape index (κ1) is 23.6. The largest absolute Gasteiger partial charge is 0.490 e. The zero-order valence-electron chi connectivity index (χ0n) is 19.8. The maximum absolute atomic E-state index is 13.1. The molecule has 2 aromatic carbocycles. The quantitative estimate of drug-likeness (QED) is 0.700. The van der Waals surface area contributed by atoms with E-state index >= 15 is 0 Å². The lowest BCUT2D eigenvalue weighted by Crippen LogP contribution is -2.41. The molecule has 2 heterocycles. The Balaban J connectivity index is 0.00000141. The summed E-state index contributed by atoms with van der Waals surface area (Å²) in [6, 6.07) is 12.9.